The minimum Gasteiger partial charge on any atom is -0.326 e. The smallest absolute Gasteiger partial charge is 0.224 e. The summed E-state index contributed by atoms with van der Waals surface area (Å²) in [6.07, 6.45) is 1.73. The molecule has 1 amide bonds. The van der Waals surface area contributed by atoms with Gasteiger partial charge in [0.05, 0.1) is 0 Å². The lowest BCUT2D eigenvalue weighted by Crippen LogP contribution is -2.10. The Morgan fingerprint density at radius 3 is 2.75 bits per heavy atom. The summed E-state index contributed by atoms with van der Waals surface area (Å²) in [4.78, 5) is 11.2. The fraction of sp³-hybridized carbons (Fsp3) is 0.462. The minimum absolute atomic E-state index is 0.0651. The summed E-state index contributed by atoms with van der Waals surface area (Å²) in [6, 6.07) is 8.20. The van der Waals surface area contributed by atoms with E-state index in [1.165, 1.54) is 12.0 Å². The molecule has 1 aromatic carbocycles. The van der Waals surface area contributed by atoms with Crippen LogP contribution in [0.1, 0.15) is 31.2 Å². The molecular formula is C13H18N2O. The van der Waals surface area contributed by atoms with Gasteiger partial charge >= 0.3 is 0 Å². The number of nitrogens with one attached hydrogen (secondary N) is 2. The molecule has 0 aromatic heterocycles. The molecule has 0 radical (unpaired) electrons. The molecule has 1 atom stereocenters. The van der Waals surface area contributed by atoms with Crippen LogP contribution >= 0.6 is 0 Å². The first-order chi connectivity index (χ1) is 7.79. The van der Waals surface area contributed by atoms with E-state index in [9.17, 15) is 4.79 Å². The van der Waals surface area contributed by atoms with Crippen molar-refractivity contribution in [1.82, 2.24) is 5.32 Å². The zero-order valence-corrected chi connectivity index (χ0v) is 9.62. The second-order valence-electron chi connectivity index (χ2n) is 4.21. The van der Waals surface area contributed by atoms with Gasteiger partial charge in [-0.15, -0.1) is 0 Å². The molecule has 1 heterocycles. The van der Waals surface area contributed by atoms with Crippen molar-refractivity contribution in [2.24, 2.45) is 0 Å². The van der Waals surface area contributed by atoms with E-state index < -0.39 is 0 Å². The molecule has 3 nitrogen and oxygen atoms in total. The molecule has 1 saturated heterocycles. The molecule has 16 heavy (non-hydrogen) atoms. The molecule has 0 aliphatic carbocycles. The van der Waals surface area contributed by atoms with Gasteiger partial charge in [-0.05, 0) is 36.6 Å². The van der Waals surface area contributed by atoms with Crippen molar-refractivity contribution in [3.8, 4) is 0 Å². The highest BCUT2D eigenvalue weighted by Gasteiger charge is 2.15. The number of hydrogen-bond acceptors (Lipinski definition) is 2. The van der Waals surface area contributed by atoms with Gasteiger partial charge in [0.1, 0.15) is 0 Å². The lowest BCUT2D eigenvalue weighted by Gasteiger charge is -2.10. The Balaban J connectivity index is 2.01. The molecule has 2 rings (SSSR count). The number of carbonyl (C=O) groups is 1. The van der Waals surface area contributed by atoms with Crippen molar-refractivity contribution >= 4 is 11.6 Å². The van der Waals surface area contributed by atoms with Gasteiger partial charge in [-0.2, -0.15) is 0 Å². The molecule has 1 aliphatic rings. The van der Waals surface area contributed by atoms with E-state index in [0.717, 1.165) is 18.8 Å². The first kappa shape index (κ1) is 11.1. The summed E-state index contributed by atoms with van der Waals surface area (Å²) in [5, 5.41) is 6.21. The van der Waals surface area contributed by atoms with Crippen LogP contribution in [0.15, 0.2) is 24.3 Å². The normalized spacial score (nSPS) is 19.7. The van der Waals surface area contributed by atoms with E-state index in [-0.39, 0.29) is 5.91 Å². The third-order valence-electron chi connectivity index (χ3n) is 3.05. The number of hydrogen-bond donors (Lipinski definition) is 2. The van der Waals surface area contributed by atoms with E-state index in [2.05, 4.69) is 22.8 Å². The summed E-state index contributed by atoms with van der Waals surface area (Å²) >= 11 is 0. The Kier molecular flexibility index (Phi) is 3.57. The maximum Gasteiger partial charge on any atom is 0.224 e. The van der Waals surface area contributed by atoms with Crippen molar-refractivity contribution < 1.29 is 4.79 Å². The van der Waals surface area contributed by atoms with E-state index in [1.807, 2.05) is 19.1 Å². The van der Waals surface area contributed by atoms with Gasteiger partial charge in [0, 0.05) is 18.7 Å². The number of rotatable bonds is 3. The van der Waals surface area contributed by atoms with Crippen LogP contribution in [0.3, 0.4) is 0 Å². The zero-order valence-electron chi connectivity index (χ0n) is 9.62. The lowest BCUT2D eigenvalue weighted by atomic mass is 9.98. The summed E-state index contributed by atoms with van der Waals surface area (Å²) < 4.78 is 0. The van der Waals surface area contributed by atoms with Crippen LogP contribution < -0.4 is 10.6 Å². The molecular weight excluding hydrogens is 200 g/mol. The third-order valence-corrected chi connectivity index (χ3v) is 3.05. The summed E-state index contributed by atoms with van der Waals surface area (Å²) in [5.41, 5.74) is 2.25. The van der Waals surface area contributed by atoms with Crippen LogP contribution in [0.2, 0.25) is 0 Å². The average Bonchev–Trinajstić information content (AvgIpc) is 2.83. The molecule has 1 aliphatic heterocycles. The number of carbonyl (C=O) groups excluding carboxylic acids is 1. The predicted molar refractivity (Wildman–Crippen MR) is 65.6 cm³/mol. The van der Waals surface area contributed by atoms with E-state index in [4.69, 9.17) is 0 Å². The minimum atomic E-state index is 0.0651. The van der Waals surface area contributed by atoms with Gasteiger partial charge < -0.3 is 10.6 Å². The van der Waals surface area contributed by atoms with Crippen LogP contribution in [0.25, 0.3) is 0 Å². The van der Waals surface area contributed by atoms with E-state index >= 15 is 0 Å². The molecule has 1 aromatic rings. The Bertz CT molecular complexity index is 353. The van der Waals surface area contributed by atoms with Crippen LogP contribution in [-0.4, -0.2) is 19.0 Å². The number of benzene rings is 1. The topological polar surface area (TPSA) is 41.1 Å². The van der Waals surface area contributed by atoms with Gasteiger partial charge in [0.2, 0.25) is 5.91 Å². The molecule has 1 unspecified atom stereocenters. The first-order valence-electron chi connectivity index (χ1n) is 5.90. The van der Waals surface area contributed by atoms with Gasteiger partial charge in [-0.3, -0.25) is 4.79 Å². The molecule has 1 fully saturated rings. The highest BCUT2D eigenvalue weighted by Crippen LogP contribution is 2.23. The van der Waals surface area contributed by atoms with Crippen LogP contribution in [0, 0.1) is 0 Å². The molecule has 86 valence electrons. The average molecular weight is 218 g/mol. The number of anilines is 1. The quantitative estimate of drug-likeness (QED) is 0.816. The SMILES string of the molecule is CCC(=O)Nc1ccc(C2CCNC2)cc1. The van der Waals surface area contributed by atoms with Gasteiger partial charge in [0.15, 0.2) is 0 Å². The molecule has 0 bridgehead atoms. The van der Waals surface area contributed by atoms with Crippen molar-refractivity contribution in [2.45, 2.75) is 25.7 Å². The first-order valence-corrected chi connectivity index (χ1v) is 5.90. The molecule has 2 N–H and O–H groups in total. The van der Waals surface area contributed by atoms with Crippen molar-refractivity contribution in [3.05, 3.63) is 29.8 Å². The van der Waals surface area contributed by atoms with Crippen molar-refractivity contribution in [2.75, 3.05) is 18.4 Å². The van der Waals surface area contributed by atoms with Crippen LogP contribution in [0.5, 0.6) is 0 Å². The maximum absolute atomic E-state index is 11.2. The Morgan fingerprint density at radius 1 is 1.44 bits per heavy atom. The largest absolute Gasteiger partial charge is 0.326 e. The highest BCUT2D eigenvalue weighted by atomic mass is 16.1. The summed E-state index contributed by atoms with van der Waals surface area (Å²) in [6.45, 7) is 4.04. The van der Waals surface area contributed by atoms with Crippen molar-refractivity contribution in [3.63, 3.8) is 0 Å². The van der Waals surface area contributed by atoms with Crippen LogP contribution in [-0.2, 0) is 4.79 Å². The zero-order chi connectivity index (χ0) is 11.4. The Morgan fingerprint density at radius 2 is 2.19 bits per heavy atom. The third kappa shape index (κ3) is 2.61. The summed E-state index contributed by atoms with van der Waals surface area (Å²) in [5.74, 6) is 0.700. The maximum atomic E-state index is 11.2. The summed E-state index contributed by atoms with van der Waals surface area (Å²) in [7, 11) is 0. The Labute approximate surface area is 96.2 Å². The van der Waals surface area contributed by atoms with Gasteiger partial charge in [-0.1, -0.05) is 19.1 Å². The molecule has 3 heteroatoms. The van der Waals surface area contributed by atoms with Crippen molar-refractivity contribution in [1.29, 1.82) is 0 Å². The second-order valence-corrected chi connectivity index (χ2v) is 4.21. The fourth-order valence-corrected chi connectivity index (χ4v) is 2.03. The molecule has 0 spiro atoms. The molecule has 0 saturated carbocycles. The monoisotopic (exact) mass is 218 g/mol. The highest BCUT2D eigenvalue weighted by molar-refractivity contribution is 5.90. The van der Waals surface area contributed by atoms with E-state index in [1.54, 1.807) is 0 Å². The Hall–Kier alpha value is -1.35. The second kappa shape index (κ2) is 5.12. The van der Waals surface area contributed by atoms with Crippen LogP contribution in [0.4, 0.5) is 5.69 Å². The van der Waals surface area contributed by atoms with Gasteiger partial charge in [-0.25, -0.2) is 0 Å². The fourth-order valence-electron chi connectivity index (χ4n) is 2.03. The van der Waals surface area contributed by atoms with Gasteiger partial charge in [0.25, 0.3) is 0 Å². The van der Waals surface area contributed by atoms with E-state index in [0.29, 0.717) is 12.3 Å². The number of amides is 1. The predicted octanol–water partition coefficient (Wildman–Crippen LogP) is 2.11. The standard InChI is InChI=1S/C13H18N2O/c1-2-13(16)15-12-5-3-10(4-6-12)11-7-8-14-9-11/h3-6,11,14H,2,7-9H2,1H3,(H,15,16). The lowest BCUT2D eigenvalue weighted by molar-refractivity contribution is -0.115.